The van der Waals surface area contributed by atoms with Crippen LogP contribution in [0, 0.1) is 0 Å². The Morgan fingerprint density at radius 1 is 0.917 bits per heavy atom. The van der Waals surface area contributed by atoms with Crippen molar-refractivity contribution in [2.75, 3.05) is 0 Å². The van der Waals surface area contributed by atoms with Crippen molar-refractivity contribution < 1.29 is 15.1 Å². The van der Waals surface area contributed by atoms with E-state index < -0.39 is 5.97 Å². The second kappa shape index (κ2) is 7.30. The smallest absolute Gasteiger partial charge is 0.303 e. The van der Waals surface area contributed by atoms with Crippen LogP contribution in [0.1, 0.15) is 44.7 Å². The second-order valence-electron chi connectivity index (χ2n) is 6.85. The third kappa shape index (κ3) is 4.44. The van der Waals surface area contributed by atoms with Crippen molar-refractivity contribution >= 4 is 11.7 Å². The van der Waals surface area contributed by atoms with Crippen LogP contribution in [0.5, 0.6) is 0 Å². The van der Waals surface area contributed by atoms with Gasteiger partial charge in [-0.05, 0) is 27.7 Å². The summed E-state index contributed by atoms with van der Waals surface area (Å²) in [5.41, 5.74) is 4.70. The van der Waals surface area contributed by atoms with Crippen molar-refractivity contribution in [3.63, 3.8) is 0 Å². The largest absolute Gasteiger partial charge is 0.481 e. The number of carboxylic acids is 1. The molecule has 2 rings (SSSR count). The van der Waals surface area contributed by atoms with Crippen LogP contribution in [0.4, 0.5) is 0 Å². The first kappa shape index (κ1) is 17.7. The Labute approximate surface area is 142 Å². The lowest BCUT2D eigenvalue weighted by atomic mass is 9.86. The average Bonchev–Trinajstić information content (AvgIpc) is 2.55. The highest BCUT2D eigenvalue weighted by atomic mass is 16.4. The van der Waals surface area contributed by atoms with Crippen LogP contribution in [0.2, 0.25) is 0 Å². The topological polar surface area (TPSA) is 69.9 Å². The Morgan fingerprint density at radius 3 is 1.83 bits per heavy atom. The van der Waals surface area contributed by atoms with Crippen LogP contribution in [0.25, 0.3) is 11.1 Å². The van der Waals surface area contributed by atoms with Crippen molar-refractivity contribution in [3.05, 3.63) is 59.7 Å². The number of carboxylic acid groups (broad SMARTS) is 1. The van der Waals surface area contributed by atoms with Gasteiger partial charge in [-0.1, -0.05) is 74.5 Å². The molecule has 0 aromatic heterocycles. The molecule has 2 aromatic carbocycles. The van der Waals surface area contributed by atoms with Gasteiger partial charge in [0.25, 0.3) is 0 Å². The van der Waals surface area contributed by atoms with Gasteiger partial charge in [-0.2, -0.15) is 0 Å². The number of rotatable bonds is 5. The van der Waals surface area contributed by atoms with Gasteiger partial charge in [0.15, 0.2) is 0 Å². The Balaban J connectivity index is 2.18. The quantitative estimate of drug-likeness (QED) is 0.476. The lowest BCUT2D eigenvalue weighted by molar-refractivity contribution is -0.136. The Bertz CT molecular complexity index is 723. The lowest BCUT2D eigenvalue weighted by Gasteiger charge is -2.19. The first-order chi connectivity index (χ1) is 11.3. The summed E-state index contributed by atoms with van der Waals surface area (Å²) in [6.07, 6.45) is 0.140. The highest BCUT2D eigenvalue weighted by Gasteiger charge is 2.13. The molecule has 0 radical (unpaired) electrons. The molecule has 2 aromatic rings. The van der Waals surface area contributed by atoms with Gasteiger partial charge in [-0.25, -0.2) is 0 Å². The molecule has 126 valence electrons. The third-order valence-electron chi connectivity index (χ3n) is 4.00. The van der Waals surface area contributed by atoms with Crippen LogP contribution >= 0.6 is 0 Å². The average molecular weight is 325 g/mol. The van der Waals surface area contributed by atoms with Crippen LogP contribution in [0.3, 0.4) is 0 Å². The zero-order valence-electron chi connectivity index (χ0n) is 14.3. The Morgan fingerprint density at radius 2 is 1.42 bits per heavy atom. The number of aliphatic carboxylic acids is 1. The van der Waals surface area contributed by atoms with Gasteiger partial charge in [0.1, 0.15) is 0 Å². The van der Waals surface area contributed by atoms with E-state index in [1.165, 1.54) is 5.56 Å². The van der Waals surface area contributed by atoms with Gasteiger partial charge >= 0.3 is 5.97 Å². The molecule has 0 aliphatic rings. The molecule has 0 heterocycles. The zero-order valence-corrected chi connectivity index (χ0v) is 14.3. The minimum atomic E-state index is -0.910. The molecule has 0 spiro atoms. The van der Waals surface area contributed by atoms with Gasteiger partial charge in [0.05, 0.1) is 12.1 Å². The first-order valence-corrected chi connectivity index (χ1v) is 7.95. The maximum absolute atomic E-state index is 10.7. The van der Waals surface area contributed by atoms with Crippen LogP contribution in [-0.2, 0) is 10.2 Å². The van der Waals surface area contributed by atoms with Crippen LogP contribution < -0.4 is 0 Å². The molecule has 0 amide bonds. The SMILES string of the molecule is CC(C)(C)c1ccc(-c2ccc(C(CCC(=O)O)=NO)cc2)cc1. The third-order valence-corrected chi connectivity index (χ3v) is 4.00. The summed E-state index contributed by atoms with van der Waals surface area (Å²) < 4.78 is 0. The fraction of sp³-hybridized carbons (Fsp3) is 0.300. The highest BCUT2D eigenvalue weighted by molar-refractivity contribution is 6.01. The van der Waals surface area contributed by atoms with Gasteiger partial charge in [-0.15, -0.1) is 0 Å². The number of benzene rings is 2. The minimum absolute atomic E-state index is 0.0601. The molecular weight excluding hydrogens is 302 g/mol. The number of hydrogen-bond acceptors (Lipinski definition) is 3. The molecule has 0 aliphatic carbocycles. The summed E-state index contributed by atoms with van der Waals surface area (Å²) in [6, 6.07) is 16.1. The number of nitrogens with zero attached hydrogens (tertiary/aromatic N) is 1. The van der Waals surface area contributed by atoms with Crippen molar-refractivity contribution in [1.29, 1.82) is 0 Å². The maximum atomic E-state index is 10.7. The summed E-state index contributed by atoms with van der Waals surface area (Å²) in [5, 5.41) is 21.0. The van der Waals surface area contributed by atoms with Crippen molar-refractivity contribution in [3.8, 4) is 11.1 Å². The molecule has 4 heteroatoms. The van der Waals surface area contributed by atoms with Gasteiger partial charge in [0.2, 0.25) is 0 Å². The van der Waals surface area contributed by atoms with Gasteiger partial charge < -0.3 is 10.3 Å². The molecular formula is C20H23NO3. The van der Waals surface area contributed by atoms with Crippen molar-refractivity contribution in [2.45, 2.75) is 39.0 Å². The molecule has 0 bridgehead atoms. The molecule has 0 saturated heterocycles. The standard InChI is InChI=1S/C20H23NO3/c1-20(2,3)17-10-8-15(9-11-17)14-4-6-16(7-5-14)18(21-24)12-13-19(22)23/h4-11,24H,12-13H2,1-3H3,(H,22,23). The van der Waals surface area contributed by atoms with E-state index in [1.54, 1.807) is 0 Å². The molecule has 0 fully saturated rings. The van der Waals surface area contributed by atoms with E-state index in [-0.39, 0.29) is 18.3 Å². The first-order valence-electron chi connectivity index (χ1n) is 7.95. The van der Waals surface area contributed by atoms with E-state index in [0.717, 1.165) is 16.7 Å². The number of hydrogen-bond donors (Lipinski definition) is 2. The molecule has 2 N–H and O–H groups in total. The number of carbonyl (C=O) groups is 1. The summed E-state index contributed by atoms with van der Waals surface area (Å²) in [4.78, 5) is 10.7. The summed E-state index contributed by atoms with van der Waals surface area (Å²) in [5.74, 6) is -0.910. The number of oxime groups is 1. The summed E-state index contributed by atoms with van der Waals surface area (Å²) >= 11 is 0. The van der Waals surface area contributed by atoms with E-state index >= 15 is 0 Å². The van der Waals surface area contributed by atoms with E-state index in [9.17, 15) is 4.79 Å². The van der Waals surface area contributed by atoms with E-state index in [2.05, 4.69) is 50.2 Å². The maximum Gasteiger partial charge on any atom is 0.303 e. The van der Waals surface area contributed by atoms with Gasteiger partial charge in [0, 0.05) is 6.42 Å². The molecule has 4 nitrogen and oxygen atoms in total. The monoisotopic (exact) mass is 325 g/mol. The van der Waals surface area contributed by atoms with Crippen molar-refractivity contribution in [2.24, 2.45) is 5.16 Å². The molecule has 0 atom stereocenters. The predicted molar refractivity (Wildman–Crippen MR) is 95.8 cm³/mol. The Hall–Kier alpha value is -2.62. The lowest BCUT2D eigenvalue weighted by Crippen LogP contribution is -2.10. The summed E-state index contributed by atoms with van der Waals surface area (Å²) in [7, 11) is 0. The minimum Gasteiger partial charge on any atom is -0.481 e. The molecule has 0 unspecified atom stereocenters. The van der Waals surface area contributed by atoms with E-state index in [4.69, 9.17) is 10.3 Å². The van der Waals surface area contributed by atoms with Crippen LogP contribution in [-0.4, -0.2) is 22.0 Å². The van der Waals surface area contributed by atoms with Crippen molar-refractivity contribution in [1.82, 2.24) is 0 Å². The fourth-order valence-corrected chi connectivity index (χ4v) is 2.50. The molecule has 0 aliphatic heterocycles. The normalized spacial score (nSPS) is 12.2. The molecule has 0 saturated carbocycles. The predicted octanol–water partition coefficient (Wildman–Crippen LogP) is 4.69. The Kier molecular flexibility index (Phi) is 5.39. The van der Waals surface area contributed by atoms with Crippen LogP contribution in [0.15, 0.2) is 53.7 Å². The fourth-order valence-electron chi connectivity index (χ4n) is 2.50. The van der Waals surface area contributed by atoms with E-state index in [1.807, 2.05) is 24.3 Å². The second-order valence-corrected chi connectivity index (χ2v) is 6.85. The van der Waals surface area contributed by atoms with Gasteiger partial charge in [-0.3, -0.25) is 4.79 Å². The molecule has 24 heavy (non-hydrogen) atoms. The summed E-state index contributed by atoms with van der Waals surface area (Å²) in [6.45, 7) is 6.55. The van der Waals surface area contributed by atoms with E-state index in [0.29, 0.717) is 5.71 Å². The highest BCUT2D eigenvalue weighted by Crippen LogP contribution is 2.26. The zero-order chi connectivity index (χ0) is 17.7.